The number of carbonyl (C=O) groups excluding carboxylic acids is 1. The van der Waals surface area contributed by atoms with Crippen molar-refractivity contribution < 1.29 is 14.1 Å². The van der Waals surface area contributed by atoms with Gasteiger partial charge in [0.05, 0.1) is 12.5 Å². The van der Waals surface area contributed by atoms with E-state index in [9.17, 15) is 4.79 Å². The van der Waals surface area contributed by atoms with Gasteiger partial charge in [-0.05, 0) is 30.9 Å². The molecule has 0 bridgehead atoms. The van der Waals surface area contributed by atoms with Gasteiger partial charge in [-0.15, -0.1) is 0 Å². The van der Waals surface area contributed by atoms with Gasteiger partial charge in [0.15, 0.2) is 5.82 Å². The number of urea groups is 1. The molecule has 1 N–H and O–H groups in total. The lowest BCUT2D eigenvalue weighted by atomic mass is 10.0. The molecule has 7 heteroatoms. The molecule has 2 fully saturated rings. The number of para-hydroxylation sites is 1. The maximum absolute atomic E-state index is 12.1. The number of nitrogens with one attached hydrogen (secondary N) is 1. The Labute approximate surface area is 146 Å². The van der Waals surface area contributed by atoms with Crippen molar-refractivity contribution >= 4 is 11.7 Å². The molecule has 0 atom stereocenters. The van der Waals surface area contributed by atoms with E-state index in [1.165, 1.54) is 12.8 Å². The summed E-state index contributed by atoms with van der Waals surface area (Å²) in [5.41, 5.74) is 0.794. The third kappa shape index (κ3) is 4.17. The zero-order chi connectivity index (χ0) is 17.1. The van der Waals surface area contributed by atoms with Crippen molar-refractivity contribution in [1.82, 2.24) is 15.0 Å². The Morgan fingerprint density at radius 3 is 2.84 bits per heavy atom. The van der Waals surface area contributed by atoms with Gasteiger partial charge in [-0.3, -0.25) is 0 Å². The fourth-order valence-corrected chi connectivity index (χ4v) is 2.76. The minimum Gasteiger partial charge on any atom is -0.381 e. The van der Waals surface area contributed by atoms with Crippen LogP contribution in [0.1, 0.15) is 30.5 Å². The van der Waals surface area contributed by atoms with E-state index >= 15 is 0 Å². The summed E-state index contributed by atoms with van der Waals surface area (Å²) < 4.78 is 10.9. The van der Waals surface area contributed by atoms with E-state index in [4.69, 9.17) is 9.26 Å². The Morgan fingerprint density at radius 1 is 1.28 bits per heavy atom. The number of rotatable bonds is 7. The maximum Gasteiger partial charge on any atom is 0.321 e. The Balaban J connectivity index is 1.20. The van der Waals surface area contributed by atoms with E-state index in [1.54, 1.807) is 4.90 Å². The molecule has 0 spiro atoms. The molecule has 2 amide bonds. The third-order valence-electron chi connectivity index (χ3n) is 4.55. The molecule has 1 aliphatic heterocycles. The van der Waals surface area contributed by atoms with Crippen LogP contribution >= 0.6 is 0 Å². The number of likely N-dealkylation sites (tertiary alicyclic amines) is 1. The van der Waals surface area contributed by atoms with Crippen LogP contribution in [0.2, 0.25) is 0 Å². The Kier molecular flexibility index (Phi) is 4.65. The smallest absolute Gasteiger partial charge is 0.321 e. The average Bonchev–Trinajstić information content (AvgIpc) is 3.29. The van der Waals surface area contributed by atoms with Crippen LogP contribution in [0.3, 0.4) is 0 Å². The third-order valence-corrected chi connectivity index (χ3v) is 4.55. The Hall–Kier alpha value is -2.41. The largest absolute Gasteiger partial charge is 0.381 e. The van der Waals surface area contributed by atoms with Crippen LogP contribution in [0, 0.1) is 5.92 Å². The summed E-state index contributed by atoms with van der Waals surface area (Å²) in [6, 6.07) is 9.33. The van der Waals surface area contributed by atoms with Gasteiger partial charge in [0.2, 0.25) is 5.89 Å². The van der Waals surface area contributed by atoms with Gasteiger partial charge in [-0.1, -0.05) is 23.4 Å². The van der Waals surface area contributed by atoms with Crippen molar-refractivity contribution in [2.75, 3.05) is 31.6 Å². The van der Waals surface area contributed by atoms with Crippen molar-refractivity contribution in [3.05, 3.63) is 42.0 Å². The van der Waals surface area contributed by atoms with Gasteiger partial charge in [-0.2, -0.15) is 4.98 Å². The highest BCUT2D eigenvalue weighted by Crippen LogP contribution is 2.29. The van der Waals surface area contributed by atoms with Gasteiger partial charge in [0.1, 0.15) is 0 Å². The lowest BCUT2D eigenvalue weighted by molar-refractivity contribution is 0.125. The second-order valence-electron chi connectivity index (χ2n) is 6.72. The monoisotopic (exact) mass is 342 g/mol. The number of amides is 2. The van der Waals surface area contributed by atoms with Gasteiger partial charge in [-0.25, -0.2) is 4.79 Å². The summed E-state index contributed by atoms with van der Waals surface area (Å²) in [7, 11) is 0. The molecule has 25 heavy (non-hydrogen) atoms. The highest BCUT2D eigenvalue weighted by molar-refractivity contribution is 5.89. The molecular weight excluding hydrogens is 320 g/mol. The normalized spacial score (nSPS) is 17.4. The number of aromatic nitrogens is 2. The summed E-state index contributed by atoms with van der Waals surface area (Å²) in [5, 5.41) is 6.88. The number of hydrogen-bond donors (Lipinski definition) is 1. The fraction of sp³-hybridized carbons (Fsp3) is 0.500. The van der Waals surface area contributed by atoms with Crippen LogP contribution in [0.25, 0.3) is 0 Å². The SMILES string of the molecule is O=C(Nc1ccccc1)N1CC(c2nc(CCOCC3CC3)no2)C1. The number of carbonyl (C=O) groups is 1. The molecule has 2 aromatic rings. The molecule has 132 valence electrons. The average molecular weight is 342 g/mol. The molecule has 1 saturated carbocycles. The molecule has 1 aromatic carbocycles. The number of hydrogen-bond acceptors (Lipinski definition) is 5. The van der Waals surface area contributed by atoms with Crippen molar-refractivity contribution in [3.63, 3.8) is 0 Å². The van der Waals surface area contributed by atoms with Crippen LogP contribution in [0.5, 0.6) is 0 Å². The summed E-state index contributed by atoms with van der Waals surface area (Å²) in [4.78, 5) is 18.3. The minimum atomic E-state index is -0.101. The highest BCUT2D eigenvalue weighted by Gasteiger charge is 2.35. The number of nitrogens with zero attached hydrogens (tertiary/aromatic N) is 3. The van der Waals surface area contributed by atoms with Crippen LogP contribution in [-0.2, 0) is 11.2 Å². The molecule has 1 aliphatic carbocycles. The summed E-state index contributed by atoms with van der Waals surface area (Å²) >= 11 is 0. The molecule has 7 nitrogen and oxygen atoms in total. The molecule has 0 radical (unpaired) electrons. The quantitative estimate of drug-likeness (QED) is 0.783. The topological polar surface area (TPSA) is 80.5 Å². The number of benzene rings is 1. The Morgan fingerprint density at radius 2 is 2.08 bits per heavy atom. The Bertz CT molecular complexity index is 708. The molecule has 2 heterocycles. The first-order chi connectivity index (χ1) is 12.3. The molecule has 4 rings (SSSR count). The van der Waals surface area contributed by atoms with Crippen molar-refractivity contribution in [1.29, 1.82) is 0 Å². The maximum atomic E-state index is 12.1. The summed E-state index contributed by atoms with van der Waals surface area (Å²) in [6.45, 7) is 2.67. The highest BCUT2D eigenvalue weighted by atomic mass is 16.5. The fourth-order valence-electron chi connectivity index (χ4n) is 2.76. The van der Waals surface area contributed by atoms with E-state index in [0.29, 0.717) is 37.8 Å². The van der Waals surface area contributed by atoms with Crippen molar-refractivity contribution in [2.45, 2.75) is 25.2 Å². The summed E-state index contributed by atoms with van der Waals surface area (Å²) in [5.74, 6) is 2.18. The second-order valence-corrected chi connectivity index (χ2v) is 6.72. The van der Waals surface area contributed by atoms with Crippen molar-refractivity contribution in [3.8, 4) is 0 Å². The number of anilines is 1. The van der Waals surface area contributed by atoms with E-state index < -0.39 is 0 Å². The predicted octanol–water partition coefficient (Wildman–Crippen LogP) is 2.67. The standard InChI is InChI=1S/C18H22N4O3/c23-18(19-15-4-2-1-3-5-15)22-10-14(11-22)17-20-16(21-25-17)8-9-24-12-13-6-7-13/h1-5,13-14H,6-12H2,(H,19,23). The molecular formula is C18H22N4O3. The zero-order valence-electron chi connectivity index (χ0n) is 14.1. The van der Waals surface area contributed by atoms with Gasteiger partial charge < -0.3 is 19.5 Å². The van der Waals surface area contributed by atoms with E-state index in [0.717, 1.165) is 18.2 Å². The summed E-state index contributed by atoms with van der Waals surface area (Å²) in [6.07, 6.45) is 3.26. The first-order valence-corrected chi connectivity index (χ1v) is 8.79. The molecule has 0 unspecified atom stereocenters. The van der Waals surface area contributed by atoms with Crippen LogP contribution in [0.4, 0.5) is 10.5 Å². The van der Waals surface area contributed by atoms with E-state index in [1.807, 2.05) is 30.3 Å². The lowest BCUT2D eigenvalue weighted by Gasteiger charge is -2.36. The number of ether oxygens (including phenoxy) is 1. The lowest BCUT2D eigenvalue weighted by Crippen LogP contribution is -2.50. The van der Waals surface area contributed by atoms with Gasteiger partial charge in [0.25, 0.3) is 0 Å². The minimum absolute atomic E-state index is 0.101. The van der Waals surface area contributed by atoms with Crippen LogP contribution in [0.15, 0.2) is 34.9 Å². The van der Waals surface area contributed by atoms with Gasteiger partial charge >= 0.3 is 6.03 Å². The van der Waals surface area contributed by atoms with E-state index in [-0.39, 0.29) is 11.9 Å². The van der Waals surface area contributed by atoms with Crippen LogP contribution in [-0.4, -0.2) is 47.4 Å². The van der Waals surface area contributed by atoms with E-state index in [2.05, 4.69) is 15.5 Å². The molecule has 1 saturated heterocycles. The zero-order valence-corrected chi connectivity index (χ0v) is 14.1. The first kappa shape index (κ1) is 16.1. The second kappa shape index (κ2) is 7.23. The molecule has 2 aliphatic rings. The van der Waals surface area contributed by atoms with Gasteiger partial charge in [0, 0.05) is 31.8 Å². The predicted molar refractivity (Wildman–Crippen MR) is 91.3 cm³/mol. The van der Waals surface area contributed by atoms with Crippen molar-refractivity contribution in [2.24, 2.45) is 5.92 Å². The molecule has 1 aromatic heterocycles. The first-order valence-electron chi connectivity index (χ1n) is 8.79. The van der Waals surface area contributed by atoms with Crippen LogP contribution < -0.4 is 5.32 Å².